The molecule has 1 N–H and O–H groups in total. The summed E-state index contributed by atoms with van der Waals surface area (Å²) in [6.07, 6.45) is 10.3. The summed E-state index contributed by atoms with van der Waals surface area (Å²) in [5, 5.41) is 8.72. The van der Waals surface area contributed by atoms with Crippen molar-refractivity contribution in [3.05, 3.63) is 52.0 Å². The Morgan fingerprint density at radius 2 is 1.75 bits per heavy atom. The standard InChI is InChI=1S/C28H34Cl2N6O4/c1-16-8-23(38-5)25(30)22(24(16)29)15-39-21-12-31-26(32-13-21)34-17-11-33-35(14-17)20-9-18-6-7-19(10-20)36(18)27(37)40-28(2,3)4/h8,11-14,18-20H,6-7,9-10,15H2,1-5H3,(H,31,32,34)/t18-,19+,20?. The summed E-state index contributed by atoms with van der Waals surface area (Å²) in [5.41, 5.74) is 1.76. The van der Waals surface area contributed by atoms with E-state index in [1.54, 1.807) is 31.8 Å². The third-order valence-electron chi connectivity index (χ3n) is 7.22. The number of hydrogen-bond donors (Lipinski definition) is 1. The summed E-state index contributed by atoms with van der Waals surface area (Å²) >= 11 is 12.9. The number of piperidine rings is 1. The molecular formula is C28H34Cl2N6O4. The number of benzene rings is 1. The van der Waals surface area contributed by atoms with E-state index in [9.17, 15) is 4.79 Å². The highest BCUT2D eigenvalue weighted by atomic mass is 35.5. The van der Waals surface area contributed by atoms with Crippen LogP contribution in [0.15, 0.2) is 30.9 Å². The molecule has 2 saturated heterocycles. The molecule has 2 fully saturated rings. The number of halogens is 2. The fraction of sp³-hybridized carbons (Fsp3) is 0.500. The minimum absolute atomic E-state index is 0.146. The summed E-state index contributed by atoms with van der Waals surface area (Å²) in [4.78, 5) is 23.4. The molecule has 2 aliphatic heterocycles. The maximum absolute atomic E-state index is 12.8. The van der Waals surface area contributed by atoms with Crippen molar-refractivity contribution in [2.75, 3.05) is 12.4 Å². The predicted octanol–water partition coefficient (Wildman–Crippen LogP) is 6.72. The van der Waals surface area contributed by atoms with E-state index in [0.29, 0.717) is 33.1 Å². The molecule has 3 atom stereocenters. The average Bonchev–Trinajstić information content (AvgIpc) is 3.47. The number of nitrogens with zero attached hydrogens (tertiary/aromatic N) is 5. The number of aryl methyl sites for hydroxylation is 1. The van der Waals surface area contributed by atoms with Crippen LogP contribution in [-0.4, -0.2) is 55.5 Å². The second-order valence-corrected chi connectivity index (χ2v) is 12.0. The smallest absolute Gasteiger partial charge is 0.410 e. The number of amides is 1. The number of ether oxygens (including phenoxy) is 3. The van der Waals surface area contributed by atoms with Crippen LogP contribution in [0.3, 0.4) is 0 Å². The van der Waals surface area contributed by atoms with Gasteiger partial charge >= 0.3 is 6.09 Å². The van der Waals surface area contributed by atoms with Crippen LogP contribution in [0, 0.1) is 6.92 Å². The van der Waals surface area contributed by atoms with Crippen LogP contribution in [0.25, 0.3) is 0 Å². The van der Waals surface area contributed by atoms with Crippen molar-refractivity contribution in [2.45, 2.75) is 83.7 Å². The van der Waals surface area contributed by atoms with Gasteiger partial charge < -0.3 is 24.4 Å². The highest BCUT2D eigenvalue weighted by Crippen LogP contribution is 2.42. The lowest BCUT2D eigenvalue weighted by Gasteiger charge is -2.39. The van der Waals surface area contributed by atoms with Crippen molar-refractivity contribution in [1.82, 2.24) is 24.6 Å². The van der Waals surface area contributed by atoms with Crippen molar-refractivity contribution in [2.24, 2.45) is 0 Å². The Morgan fingerprint density at radius 3 is 2.38 bits per heavy atom. The summed E-state index contributed by atoms with van der Waals surface area (Å²) in [6.45, 7) is 7.73. The van der Waals surface area contributed by atoms with Crippen molar-refractivity contribution in [3.8, 4) is 11.5 Å². The first-order valence-corrected chi connectivity index (χ1v) is 14.1. The number of hydrogen-bond acceptors (Lipinski definition) is 8. The molecule has 0 spiro atoms. The van der Waals surface area contributed by atoms with Crippen LogP contribution in [-0.2, 0) is 11.3 Å². The molecule has 2 bridgehead atoms. The van der Waals surface area contributed by atoms with Gasteiger partial charge in [-0.25, -0.2) is 14.8 Å². The second kappa shape index (κ2) is 11.3. The fourth-order valence-corrected chi connectivity index (χ4v) is 5.93. The molecule has 3 aromatic rings. The molecule has 1 amide bonds. The summed E-state index contributed by atoms with van der Waals surface area (Å²) < 4.78 is 18.8. The molecule has 40 heavy (non-hydrogen) atoms. The van der Waals surface area contributed by atoms with Gasteiger partial charge in [-0.2, -0.15) is 5.10 Å². The van der Waals surface area contributed by atoms with E-state index in [1.807, 2.05) is 43.5 Å². The lowest BCUT2D eigenvalue weighted by atomic mass is 9.98. The van der Waals surface area contributed by atoms with Crippen molar-refractivity contribution in [1.29, 1.82) is 0 Å². The predicted molar refractivity (Wildman–Crippen MR) is 153 cm³/mol. The van der Waals surface area contributed by atoms with Gasteiger partial charge in [0.1, 0.15) is 18.0 Å². The van der Waals surface area contributed by atoms with E-state index in [4.69, 9.17) is 37.4 Å². The first kappa shape index (κ1) is 28.3. The van der Waals surface area contributed by atoms with Gasteiger partial charge in [0.25, 0.3) is 0 Å². The van der Waals surface area contributed by atoms with Gasteiger partial charge in [-0.3, -0.25) is 4.68 Å². The Balaban J connectivity index is 1.18. The van der Waals surface area contributed by atoms with Crippen LogP contribution in [0.1, 0.15) is 63.6 Å². The van der Waals surface area contributed by atoms with Gasteiger partial charge in [0.05, 0.1) is 47.5 Å². The molecular weight excluding hydrogens is 555 g/mol. The number of carbonyl (C=O) groups excluding carboxylic acids is 1. The molecule has 1 unspecified atom stereocenters. The highest BCUT2D eigenvalue weighted by Gasteiger charge is 2.45. The summed E-state index contributed by atoms with van der Waals surface area (Å²) in [5.74, 6) is 1.43. The number of methoxy groups -OCH3 is 1. The van der Waals surface area contributed by atoms with Crippen molar-refractivity contribution in [3.63, 3.8) is 0 Å². The topological polar surface area (TPSA) is 104 Å². The summed E-state index contributed by atoms with van der Waals surface area (Å²) in [6, 6.07) is 2.33. The quantitative estimate of drug-likeness (QED) is 0.324. The molecule has 214 valence electrons. The van der Waals surface area contributed by atoms with Gasteiger partial charge in [0.2, 0.25) is 5.95 Å². The molecule has 2 aliphatic rings. The SMILES string of the molecule is COc1cc(C)c(Cl)c(COc2cnc(Nc3cnn(C4C[C@H]5CC[C@@H](C4)N5C(=O)OC(C)(C)C)c3)nc2)c1Cl. The van der Waals surface area contributed by atoms with Crippen LogP contribution in [0.2, 0.25) is 10.0 Å². The Labute approximate surface area is 243 Å². The van der Waals surface area contributed by atoms with E-state index in [0.717, 1.165) is 36.9 Å². The van der Waals surface area contributed by atoms with Crippen molar-refractivity contribution < 1.29 is 19.0 Å². The number of aromatic nitrogens is 4. The lowest BCUT2D eigenvalue weighted by Crippen LogP contribution is -2.48. The Morgan fingerprint density at radius 1 is 1.07 bits per heavy atom. The van der Waals surface area contributed by atoms with E-state index in [-0.39, 0.29) is 30.8 Å². The molecule has 0 saturated carbocycles. The third kappa shape index (κ3) is 6.07. The number of rotatable bonds is 7. The minimum Gasteiger partial charge on any atom is -0.495 e. The number of anilines is 2. The Bertz CT molecular complexity index is 1360. The molecule has 4 heterocycles. The van der Waals surface area contributed by atoms with E-state index < -0.39 is 5.60 Å². The van der Waals surface area contributed by atoms with Gasteiger partial charge in [-0.1, -0.05) is 23.2 Å². The second-order valence-electron chi connectivity index (χ2n) is 11.3. The van der Waals surface area contributed by atoms with Crippen LogP contribution in [0.4, 0.5) is 16.4 Å². The van der Waals surface area contributed by atoms with E-state index in [1.165, 1.54) is 0 Å². The normalized spacial score (nSPS) is 20.4. The minimum atomic E-state index is -0.501. The molecule has 12 heteroatoms. The summed E-state index contributed by atoms with van der Waals surface area (Å²) in [7, 11) is 1.56. The first-order valence-electron chi connectivity index (χ1n) is 13.3. The zero-order chi connectivity index (χ0) is 28.6. The van der Waals surface area contributed by atoms with Gasteiger partial charge in [-0.05, 0) is 65.0 Å². The Kier molecular flexibility index (Phi) is 8.01. The maximum atomic E-state index is 12.8. The highest BCUT2D eigenvalue weighted by molar-refractivity contribution is 6.37. The van der Waals surface area contributed by atoms with Crippen LogP contribution in [0.5, 0.6) is 11.5 Å². The molecule has 0 aliphatic carbocycles. The zero-order valence-electron chi connectivity index (χ0n) is 23.3. The monoisotopic (exact) mass is 588 g/mol. The van der Waals surface area contributed by atoms with Crippen LogP contribution < -0.4 is 14.8 Å². The molecule has 0 radical (unpaired) electrons. The number of carbonyl (C=O) groups is 1. The molecule has 2 aromatic heterocycles. The van der Waals surface area contributed by atoms with E-state index >= 15 is 0 Å². The van der Waals surface area contributed by atoms with Crippen LogP contribution >= 0.6 is 23.2 Å². The first-order chi connectivity index (χ1) is 19.0. The fourth-order valence-electron chi connectivity index (χ4n) is 5.40. The van der Waals surface area contributed by atoms with Gasteiger partial charge in [0.15, 0.2) is 5.75 Å². The van der Waals surface area contributed by atoms with E-state index in [2.05, 4.69) is 20.4 Å². The lowest BCUT2D eigenvalue weighted by molar-refractivity contribution is 0.00231. The largest absolute Gasteiger partial charge is 0.495 e. The van der Waals surface area contributed by atoms with Gasteiger partial charge in [0, 0.05) is 23.8 Å². The van der Waals surface area contributed by atoms with Crippen molar-refractivity contribution >= 4 is 40.9 Å². The molecule has 5 rings (SSSR count). The number of fused-ring (bicyclic) bond motifs is 2. The molecule has 10 nitrogen and oxygen atoms in total. The molecule has 1 aromatic carbocycles. The maximum Gasteiger partial charge on any atom is 0.410 e. The Hall–Kier alpha value is -3.24. The zero-order valence-corrected chi connectivity index (χ0v) is 24.8. The van der Waals surface area contributed by atoms with Gasteiger partial charge in [-0.15, -0.1) is 0 Å². The third-order valence-corrected chi connectivity index (χ3v) is 8.16. The average molecular weight is 590 g/mol. The number of nitrogens with one attached hydrogen (secondary N) is 1.